The Balaban J connectivity index is 1.68. The number of nitrogens with one attached hydrogen (secondary N) is 1. The molecule has 4 nitrogen and oxygen atoms in total. The maximum atomic E-state index is 12.8. The molecule has 1 fully saturated rings. The zero-order valence-corrected chi connectivity index (χ0v) is 11.2. The normalized spacial score (nSPS) is 15.7. The molecule has 20 heavy (non-hydrogen) atoms. The van der Waals surface area contributed by atoms with Crippen LogP contribution >= 0.6 is 0 Å². The third-order valence-electron chi connectivity index (χ3n) is 3.35. The van der Waals surface area contributed by atoms with E-state index in [-0.39, 0.29) is 5.82 Å². The summed E-state index contributed by atoms with van der Waals surface area (Å²) in [6, 6.07) is 7.89. The van der Waals surface area contributed by atoms with Gasteiger partial charge in [-0.05, 0) is 49.9 Å². The molecule has 3 rings (SSSR count). The van der Waals surface area contributed by atoms with Crippen LogP contribution in [0.5, 0.6) is 11.6 Å². The van der Waals surface area contributed by atoms with Crippen molar-refractivity contribution in [3.05, 3.63) is 42.3 Å². The first-order valence-corrected chi connectivity index (χ1v) is 6.74. The van der Waals surface area contributed by atoms with Crippen molar-refractivity contribution in [2.75, 3.05) is 5.32 Å². The Hall–Kier alpha value is -2.17. The maximum Gasteiger partial charge on any atom is 0.226 e. The number of anilines is 1. The molecule has 0 saturated heterocycles. The molecule has 1 heterocycles. The van der Waals surface area contributed by atoms with Crippen LogP contribution < -0.4 is 10.1 Å². The quantitative estimate of drug-likeness (QED) is 0.903. The van der Waals surface area contributed by atoms with E-state index in [0.717, 1.165) is 5.92 Å². The van der Waals surface area contributed by atoms with Gasteiger partial charge in [0.25, 0.3) is 0 Å². The molecule has 1 saturated carbocycles. The Labute approximate surface area is 117 Å². The summed E-state index contributed by atoms with van der Waals surface area (Å²) < 4.78 is 18.4. The fraction of sp³-hybridized carbons (Fsp3) is 0.333. The summed E-state index contributed by atoms with van der Waals surface area (Å²) in [7, 11) is 0. The summed E-state index contributed by atoms with van der Waals surface area (Å²) in [6.07, 6.45) is 4.17. The summed E-state index contributed by atoms with van der Waals surface area (Å²) in [4.78, 5) is 8.49. The van der Waals surface area contributed by atoms with Crippen molar-refractivity contribution in [2.45, 2.75) is 25.8 Å². The maximum absolute atomic E-state index is 12.8. The minimum Gasteiger partial charge on any atom is -0.439 e. The third kappa shape index (κ3) is 3.23. The molecule has 104 valence electrons. The summed E-state index contributed by atoms with van der Waals surface area (Å²) in [5, 5.41) is 3.28. The van der Waals surface area contributed by atoms with Gasteiger partial charge in [-0.3, -0.25) is 0 Å². The fourth-order valence-corrected chi connectivity index (χ4v) is 2.01. The van der Waals surface area contributed by atoms with E-state index >= 15 is 0 Å². The summed E-state index contributed by atoms with van der Waals surface area (Å²) >= 11 is 0. The standard InChI is InChI=1S/C15H16FN3O/c1-10(11-2-3-11)18-15-17-9-8-14(19-15)20-13-6-4-12(16)5-7-13/h4-11H,2-3H2,1H3,(H,17,18,19). The van der Waals surface area contributed by atoms with Crippen molar-refractivity contribution in [3.63, 3.8) is 0 Å². The highest BCUT2D eigenvalue weighted by atomic mass is 19.1. The summed E-state index contributed by atoms with van der Waals surface area (Å²) in [5.41, 5.74) is 0. The Morgan fingerprint density at radius 3 is 2.70 bits per heavy atom. The molecule has 1 unspecified atom stereocenters. The van der Waals surface area contributed by atoms with Gasteiger partial charge in [0.2, 0.25) is 11.8 Å². The van der Waals surface area contributed by atoms with Gasteiger partial charge in [-0.25, -0.2) is 9.37 Å². The van der Waals surface area contributed by atoms with E-state index in [9.17, 15) is 4.39 Å². The number of aromatic nitrogens is 2. The van der Waals surface area contributed by atoms with Gasteiger partial charge in [0.05, 0.1) is 0 Å². The van der Waals surface area contributed by atoms with Crippen molar-refractivity contribution in [1.29, 1.82) is 0 Å². The first-order chi connectivity index (χ1) is 9.70. The second-order valence-electron chi connectivity index (χ2n) is 5.04. The van der Waals surface area contributed by atoms with Crippen LogP contribution in [0.4, 0.5) is 10.3 Å². The van der Waals surface area contributed by atoms with Crippen molar-refractivity contribution in [1.82, 2.24) is 9.97 Å². The van der Waals surface area contributed by atoms with Gasteiger partial charge in [-0.2, -0.15) is 4.98 Å². The van der Waals surface area contributed by atoms with Crippen LogP contribution in [-0.4, -0.2) is 16.0 Å². The van der Waals surface area contributed by atoms with Gasteiger partial charge >= 0.3 is 0 Å². The van der Waals surface area contributed by atoms with E-state index in [4.69, 9.17) is 4.74 Å². The lowest BCUT2D eigenvalue weighted by Gasteiger charge is -2.13. The number of halogens is 1. The molecular weight excluding hydrogens is 257 g/mol. The average molecular weight is 273 g/mol. The van der Waals surface area contributed by atoms with Crippen LogP contribution in [0, 0.1) is 11.7 Å². The van der Waals surface area contributed by atoms with Gasteiger partial charge in [0.1, 0.15) is 11.6 Å². The molecule has 1 aromatic heterocycles. The van der Waals surface area contributed by atoms with Crippen molar-refractivity contribution < 1.29 is 9.13 Å². The highest BCUT2D eigenvalue weighted by Crippen LogP contribution is 2.33. The Morgan fingerprint density at radius 2 is 2.00 bits per heavy atom. The van der Waals surface area contributed by atoms with E-state index in [2.05, 4.69) is 22.2 Å². The van der Waals surface area contributed by atoms with E-state index < -0.39 is 0 Å². The van der Waals surface area contributed by atoms with Gasteiger partial charge in [-0.15, -0.1) is 0 Å². The van der Waals surface area contributed by atoms with Gasteiger partial charge < -0.3 is 10.1 Å². The molecule has 5 heteroatoms. The largest absolute Gasteiger partial charge is 0.439 e. The second kappa shape index (κ2) is 5.45. The molecular formula is C15H16FN3O. The van der Waals surface area contributed by atoms with Crippen molar-refractivity contribution in [2.24, 2.45) is 5.92 Å². The highest BCUT2D eigenvalue weighted by Gasteiger charge is 2.28. The summed E-state index contributed by atoms with van der Waals surface area (Å²) in [5.74, 6) is 1.98. The van der Waals surface area contributed by atoms with Crippen LogP contribution in [0.3, 0.4) is 0 Å². The van der Waals surface area contributed by atoms with Crippen LogP contribution in [-0.2, 0) is 0 Å². The topological polar surface area (TPSA) is 47.0 Å². The highest BCUT2D eigenvalue weighted by molar-refractivity contribution is 5.32. The molecule has 1 aromatic carbocycles. The Bertz CT molecular complexity index is 584. The monoisotopic (exact) mass is 273 g/mol. The lowest BCUT2D eigenvalue weighted by molar-refractivity contribution is 0.460. The van der Waals surface area contributed by atoms with Crippen LogP contribution in [0.2, 0.25) is 0 Å². The molecule has 1 aliphatic carbocycles. The second-order valence-corrected chi connectivity index (χ2v) is 5.04. The van der Waals surface area contributed by atoms with E-state index in [0.29, 0.717) is 23.6 Å². The number of hydrogen-bond acceptors (Lipinski definition) is 4. The number of hydrogen-bond donors (Lipinski definition) is 1. The van der Waals surface area contributed by atoms with Gasteiger partial charge in [0.15, 0.2) is 0 Å². The predicted molar refractivity (Wildman–Crippen MR) is 74.3 cm³/mol. The van der Waals surface area contributed by atoms with Crippen molar-refractivity contribution in [3.8, 4) is 11.6 Å². The number of benzene rings is 1. The number of rotatable bonds is 5. The van der Waals surface area contributed by atoms with Crippen LogP contribution in [0.15, 0.2) is 36.5 Å². The first-order valence-electron chi connectivity index (χ1n) is 6.74. The molecule has 1 N–H and O–H groups in total. The number of ether oxygens (including phenoxy) is 1. The minimum atomic E-state index is -0.291. The van der Waals surface area contributed by atoms with Gasteiger partial charge in [0, 0.05) is 18.3 Å². The SMILES string of the molecule is CC(Nc1nccc(Oc2ccc(F)cc2)n1)C1CC1. The zero-order chi connectivity index (χ0) is 13.9. The predicted octanol–water partition coefficient (Wildman–Crippen LogP) is 3.62. The molecule has 0 aliphatic heterocycles. The smallest absolute Gasteiger partial charge is 0.226 e. The van der Waals surface area contributed by atoms with E-state index in [1.54, 1.807) is 24.4 Å². The fourth-order valence-electron chi connectivity index (χ4n) is 2.01. The van der Waals surface area contributed by atoms with E-state index in [1.807, 2.05) is 0 Å². The molecule has 2 aromatic rings. The Kier molecular flexibility index (Phi) is 3.50. The molecule has 0 bridgehead atoms. The third-order valence-corrected chi connectivity index (χ3v) is 3.35. The molecule has 0 amide bonds. The van der Waals surface area contributed by atoms with Crippen LogP contribution in [0.25, 0.3) is 0 Å². The molecule has 0 radical (unpaired) electrons. The average Bonchev–Trinajstić information content (AvgIpc) is 3.26. The minimum absolute atomic E-state index is 0.291. The lowest BCUT2D eigenvalue weighted by atomic mass is 10.2. The molecule has 0 spiro atoms. The van der Waals surface area contributed by atoms with Gasteiger partial charge in [-0.1, -0.05) is 0 Å². The Morgan fingerprint density at radius 1 is 1.25 bits per heavy atom. The zero-order valence-electron chi connectivity index (χ0n) is 11.2. The lowest BCUT2D eigenvalue weighted by Crippen LogP contribution is -2.19. The summed E-state index contributed by atoms with van der Waals surface area (Å²) in [6.45, 7) is 2.13. The first kappa shape index (κ1) is 12.8. The molecule has 1 atom stereocenters. The number of nitrogens with zero attached hydrogens (tertiary/aromatic N) is 2. The molecule has 1 aliphatic rings. The van der Waals surface area contributed by atoms with Crippen molar-refractivity contribution >= 4 is 5.95 Å². The van der Waals surface area contributed by atoms with E-state index in [1.165, 1.54) is 25.0 Å². The van der Waals surface area contributed by atoms with Crippen LogP contribution in [0.1, 0.15) is 19.8 Å².